The molecule has 0 saturated carbocycles. The molecule has 0 fully saturated rings. The standard InChI is InChI=1S/C40H75N3O2S2/c1-3-5-7-9-13-19-28-38(29-20-14-10-8-6-4-2)45-40(44)31-21-15-11-16-24-34-43(36-27-32-41)35-25-17-12-18-26-37-46-47-39-30-22-23-33-42-39/h22-23,30,33,38H,3-21,24-29,31-32,34-37,41H2,1-2H3. The van der Waals surface area contributed by atoms with Crippen LogP contribution in [0.2, 0.25) is 0 Å². The highest BCUT2D eigenvalue weighted by molar-refractivity contribution is 8.76. The van der Waals surface area contributed by atoms with Gasteiger partial charge in [0.15, 0.2) is 0 Å². The van der Waals surface area contributed by atoms with Gasteiger partial charge in [0.25, 0.3) is 0 Å². The van der Waals surface area contributed by atoms with Crippen molar-refractivity contribution in [1.82, 2.24) is 9.88 Å². The number of nitrogens with zero attached hydrogens (tertiary/aromatic N) is 2. The van der Waals surface area contributed by atoms with Crippen molar-refractivity contribution in [1.29, 1.82) is 0 Å². The zero-order chi connectivity index (χ0) is 33.9. The molecule has 0 amide bonds. The number of aromatic nitrogens is 1. The molecular formula is C40H75N3O2S2. The van der Waals surface area contributed by atoms with Gasteiger partial charge in [-0.2, -0.15) is 0 Å². The van der Waals surface area contributed by atoms with E-state index < -0.39 is 0 Å². The topological polar surface area (TPSA) is 68.5 Å². The Morgan fingerprint density at radius 1 is 0.702 bits per heavy atom. The van der Waals surface area contributed by atoms with Gasteiger partial charge in [0.05, 0.1) is 0 Å². The summed E-state index contributed by atoms with van der Waals surface area (Å²) in [4.78, 5) is 19.7. The molecule has 0 radical (unpaired) electrons. The average molecular weight is 694 g/mol. The van der Waals surface area contributed by atoms with E-state index in [1.807, 2.05) is 23.1 Å². The molecule has 0 bridgehead atoms. The Morgan fingerprint density at radius 3 is 1.81 bits per heavy atom. The monoisotopic (exact) mass is 694 g/mol. The SMILES string of the molecule is CCCCCCCCC(CCCCCCCC)OC(=O)CCCCCCCN(CCCN)CCCCCCCSSc1ccccn1. The molecule has 1 aromatic rings. The Hall–Kier alpha value is -0.760. The van der Waals surface area contributed by atoms with Crippen molar-refractivity contribution >= 4 is 27.6 Å². The maximum atomic E-state index is 12.7. The molecule has 0 spiro atoms. The highest BCUT2D eigenvalue weighted by Crippen LogP contribution is 2.29. The summed E-state index contributed by atoms with van der Waals surface area (Å²) in [6.45, 7) is 8.83. The van der Waals surface area contributed by atoms with Gasteiger partial charge in [-0.05, 0) is 107 Å². The molecule has 0 aliphatic carbocycles. The lowest BCUT2D eigenvalue weighted by molar-refractivity contribution is -0.150. The van der Waals surface area contributed by atoms with Gasteiger partial charge < -0.3 is 15.4 Å². The van der Waals surface area contributed by atoms with Crippen LogP contribution in [0.4, 0.5) is 0 Å². The zero-order valence-corrected chi connectivity index (χ0v) is 32.5. The molecule has 1 aromatic heterocycles. The normalized spacial score (nSPS) is 11.6. The zero-order valence-electron chi connectivity index (χ0n) is 30.9. The lowest BCUT2D eigenvalue weighted by atomic mass is 10.0. The highest BCUT2D eigenvalue weighted by Gasteiger charge is 2.14. The summed E-state index contributed by atoms with van der Waals surface area (Å²) in [5.41, 5.74) is 5.83. The fourth-order valence-corrected chi connectivity index (χ4v) is 8.15. The number of pyridine rings is 1. The molecule has 1 heterocycles. The van der Waals surface area contributed by atoms with Crippen LogP contribution in [0.5, 0.6) is 0 Å². The van der Waals surface area contributed by atoms with E-state index in [1.165, 1.54) is 147 Å². The summed E-state index contributed by atoms with van der Waals surface area (Å²) in [6, 6.07) is 6.10. The van der Waals surface area contributed by atoms with Crippen LogP contribution in [0.25, 0.3) is 0 Å². The van der Waals surface area contributed by atoms with Crippen molar-refractivity contribution in [2.75, 3.05) is 31.9 Å². The third kappa shape index (κ3) is 29.8. The van der Waals surface area contributed by atoms with Crippen molar-refractivity contribution in [2.45, 2.75) is 192 Å². The smallest absolute Gasteiger partial charge is 0.306 e. The Bertz CT molecular complexity index is 770. The molecule has 0 aliphatic heterocycles. The molecule has 0 aromatic carbocycles. The van der Waals surface area contributed by atoms with E-state index in [9.17, 15) is 4.79 Å². The predicted octanol–water partition coefficient (Wildman–Crippen LogP) is 12.2. The van der Waals surface area contributed by atoms with E-state index in [-0.39, 0.29) is 12.1 Å². The lowest BCUT2D eigenvalue weighted by Gasteiger charge is -2.22. The Morgan fingerprint density at radius 2 is 1.23 bits per heavy atom. The summed E-state index contributed by atoms with van der Waals surface area (Å²) in [6.07, 6.45) is 33.7. The molecule has 0 unspecified atom stereocenters. The van der Waals surface area contributed by atoms with E-state index in [1.54, 1.807) is 10.8 Å². The van der Waals surface area contributed by atoms with Gasteiger partial charge in [0.2, 0.25) is 0 Å². The molecule has 2 N–H and O–H groups in total. The van der Waals surface area contributed by atoms with Crippen molar-refractivity contribution in [3.8, 4) is 0 Å². The fourth-order valence-electron chi connectivity index (χ4n) is 6.12. The van der Waals surface area contributed by atoms with Gasteiger partial charge in [-0.3, -0.25) is 4.79 Å². The van der Waals surface area contributed by atoms with E-state index in [0.29, 0.717) is 6.42 Å². The van der Waals surface area contributed by atoms with E-state index >= 15 is 0 Å². The van der Waals surface area contributed by atoms with Crippen LogP contribution in [0.3, 0.4) is 0 Å². The second-order valence-electron chi connectivity index (χ2n) is 13.6. The Balaban J connectivity index is 2.13. The van der Waals surface area contributed by atoms with Gasteiger partial charge in [-0.1, -0.05) is 133 Å². The van der Waals surface area contributed by atoms with Gasteiger partial charge in [-0.15, -0.1) is 0 Å². The van der Waals surface area contributed by atoms with Crippen molar-refractivity contribution in [3.05, 3.63) is 24.4 Å². The highest BCUT2D eigenvalue weighted by atomic mass is 33.1. The molecule has 7 heteroatoms. The molecule has 0 saturated heterocycles. The van der Waals surface area contributed by atoms with Crippen LogP contribution in [-0.4, -0.2) is 53.9 Å². The number of rotatable bonds is 36. The molecule has 0 atom stereocenters. The number of hydrogen-bond acceptors (Lipinski definition) is 7. The number of nitrogens with two attached hydrogens (primary N) is 1. The average Bonchev–Trinajstić information content (AvgIpc) is 3.08. The van der Waals surface area contributed by atoms with Crippen molar-refractivity contribution in [2.24, 2.45) is 5.73 Å². The fraction of sp³-hybridized carbons (Fsp3) is 0.850. The van der Waals surface area contributed by atoms with Gasteiger partial charge in [0.1, 0.15) is 11.1 Å². The van der Waals surface area contributed by atoms with E-state index in [2.05, 4.69) is 35.9 Å². The molecule has 274 valence electrons. The van der Waals surface area contributed by atoms with E-state index in [4.69, 9.17) is 10.5 Å². The Kier molecular flexibility index (Phi) is 33.0. The first-order valence-corrected chi connectivity index (χ1v) is 22.3. The van der Waals surface area contributed by atoms with Crippen LogP contribution in [0, 0.1) is 0 Å². The molecule has 1 rings (SSSR count). The van der Waals surface area contributed by atoms with E-state index in [0.717, 1.165) is 50.2 Å². The maximum Gasteiger partial charge on any atom is 0.306 e. The third-order valence-corrected chi connectivity index (χ3v) is 11.4. The molecule has 47 heavy (non-hydrogen) atoms. The van der Waals surface area contributed by atoms with Gasteiger partial charge in [0, 0.05) is 18.4 Å². The number of hydrogen-bond donors (Lipinski definition) is 1. The maximum absolute atomic E-state index is 12.7. The first-order valence-electron chi connectivity index (χ1n) is 20.0. The lowest BCUT2D eigenvalue weighted by Crippen LogP contribution is -2.28. The minimum Gasteiger partial charge on any atom is -0.462 e. The number of unbranched alkanes of at least 4 members (excludes halogenated alkanes) is 18. The van der Waals surface area contributed by atoms with Crippen LogP contribution < -0.4 is 5.73 Å². The van der Waals surface area contributed by atoms with Crippen LogP contribution >= 0.6 is 21.6 Å². The second-order valence-corrected chi connectivity index (χ2v) is 16.0. The van der Waals surface area contributed by atoms with Crippen LogP contribution in [-0.2, 0) is 9.53 Å². The van der Waals surface area contributed by atoms with Crippen molar-refractivity contribution in [3.63, 3.8) is 0 Å². The van der Waals surface area contributed by atoms with Crippen molar-refractivity contribution < 1.29 is 9.53 Å². The summed E-state index contributed by atoms with van der Waals surface area (Å²) < 4.78 is 6.04. The first-order chi connectivity index (χ1) is 23.2. The minimum absolute atomic E-state index is 0.0436. The van der Waals surface area contributed by atoms with Crippen LogP contribution in [0.1, 0.15) is 181 Å². The minimum atomic E-state index is 0.0436. The summed E-state index contributed by atoms with van der Waals surface area (Å²) in [5.74, 6) is 1.24. The largest absolute Gasteiger partial charge is 0.462 e. The Labute approximate surface area is 299 Å². The second kappa shape index (κ2) is 35.1. The molecule has 0 aliphatic rings. The van der Waals surface area contributed by atoms with Gasteiger partial charge in [-0.25, -0.2) is 4.98 Å². The summed E-state index contributed by atoms with van der Waals surface area (Å²) in [7, 11) is 3.72. The quantitative estimate of drug-likeness (QED) is 0.0426. The van der Waals surface area contributed by atoms with Crippen LogP contribution in [0.15, 0.2) is 29.4 Å². The number of esters is 1. The summed E-state index contributed by atoms with van der Waals surface area (Å²) in [5, 5.41) is 1.11. The van der Waals surface area contributed by atoms with Gasteiger partial charge >= 0.3 is 5.97 Å². The summed E-state index contributed by atoms with van der Waals surface area (Å²) >= 11 is 0. The number of ether oxygens (including phenoxy) is 1. The predicted molar refractivity (Wildman–Crippen MR) is 209 cm³/mol. The number of carbonyl (C=O) groups is 1. The first kappa shape index (κ1) is 44.3. The molecule has 5 nitrogen and oxygen atoms in total. The number of carbonyl (C=O) groups excluding carboxylic acids is 1. The third-order valence-electron chi connectivity index (χ3n) is 9.08. The molecular weight excluding hydrogens is 619 g/mol.